The third-order valence-electron chi connectivity index (χ3n) is 4.33. The Morgan fingerprint density at radius 1 is 1.43 bits per heavy atom. The maximum Gasteiger partial charge on any atom is 0.360 e. The summed E-state index contributed by atoms with van der Waals surface area (Å²) in [6, 6.07) is 9.31. The minimum Gasteiger partial charge on any atom is -0.449 e. The van der Waals surface area contributed by atoms with Crippen LogP contribution in [0.5, 0.6) is 0 Å². The highest BCUT2D eigenvalue weighted by Gasteiger charge is 2.42. The summed E-state index contributed by atoms with van der Waals surface area (Å²) in [4.78, 5) is 16.1. The lowest BCUT2D eigenvalue weighted by Gasteiger charge is -2.39. The van der Waals surface area contributed by atoms with Crippen molar-refractivity contribution in [3.8, 4) is 0 Å². The molecule has 2 aromatic rings. The molecule has 0 unspecified atom stereocenters. The topological polar surface area (TPSA) is 53.3 Å². The van der Waals surface area contributed by atoms with Crippen LogP contribution in [0.1, 0.15) is 42.4 Å². The molecule has 1 atom stereocenters. The third kappa shape index (κ3) is 2.86. The molecule has 0 amide bonds. The maximum atomic E-state index is 14.1. The number of halogens is 1. The van der Waals surface area contributed by atoms with Gasteiger partial charge in [0.2, 0.25) is 5.95 Å². The van der Waals surface area contributed by atoms with Crippen LogP contribution >= 0.6 is 0 Å². The number of aromatic nitrogens is 2. The molecule has 1 aromatic carbocycles. The third-order valence-corrected chi connectivity index (χ3v) is 4.33. The molecule has 1 aliphatic heterocycles. The van der Waals surface area contributed by atoms with Gasteiger partial charge in [-0.05, 0) is 18.9 Å². The van der Waals surface area contributed by atoms with E-state index >= 15 is 0 Å². The van der Waals surface area contributed by atoms with Crippen molar-refractivity contribution < 1.29 is 18.7 Å². The van der Waals surface area contributed by atoms with Crippen LogP contribution in [-0.4, -0.2) is 34.3 Å². The van der Waals surface area contributed by atoms with E-state index < -0.39 is 17.5 Å². The number of carbonyl (C=O) groups excluding carboxylic acids is 1. The van der Waals surface area contributed by atoms with E-state index in [9.17, 15) is 9.18 Å². The summed E-state index contributed by atoms with van der Waals surface area (Å²) < 4.78 is 26.2. The lowest BCUT2D eigenvalue weighted by atomic mass is 9.99. The van der Waals surface area contributed by atoms with Crippen LogP contribution in [0.4, 0.5) is 4.39 Å². The Morgan fingerprint density at radius 2 is 2.13 bits per heavy atom. The fourth-order valence-corrected chi connectivity index (χ4v) is 2.62. The van der Waals surface area contributed by atoms with Crippen molar-refractivity contribution in [2.45, 2.75) is 31.9 Å². The quantitative estimate of drug-likeness (QED) is 0.795. The first-order valence-corrected chi connectivity index (χ1v) is 7.64. The van der Waals surface area contributed by atoms with Crippen LogP contribution in [-0.2, 0) is 9.47 Å². The van der Waals surface area contributed by atoms with Gasteiger partial charge in [0.1, 0.15) is 0 Å². The summed E-state index contributed by atoms with van der Waals surface area (Å²) in [5, 5.41) is 0. The zero-order chi connectivity index (χ0) is 16.4. The lowest BCUT2D eigenvalue weighted by Crippen LogP contribution is -2.52. The van der Waals surface area contributed by atoms with Crippen molar-refractivity contribution in [2.24, 2.45) is 0 Å². The van der Waals surface area contributed by atoms with Crippen molar-refractivity contribution in [3.63, 3.8) is 0 Å². The monoisotopic (exact) mass is 318 g/mol. The molecule has 0 aliphatic carbocycles. The van der Waals surface area contributed by atoms with Gasteiger partial charge in [0.15, 0.2) is 11.3 Å². The molecule has 0 spiro atoms. The second-order valence-corrected chi connectivity index (χ2v) is 5.80. The molecule has 1 fully saturated rings. The van der Waals surface area contributed by atoms with Crippen molar-refractivity contribution >= 4 is 5.97 Å². The number of esters is 1. The molecule has 5 nitrogen and oxygen atoms in total. The van der Waals surface area contributed by atoms with Crippen LogP contribution in [0.3, 0.4) is 0 Å². The Hall–Kier alpha value is -2.21. The Labute approximate surface area is 134 Å². The standard InChI is InChI=1S/C17H19FN2O3/c1-3-17(9-22-10-17)23-16(21)14-15(18)19-11-20(14)12(2)13-7-5-4-6-8-13/h4-8,11-12H,3,9-10H2,1-2H3/t12-/m1/s1. The minimum absolute atomic E-state index is 0.152. The van der Waals surface area contributed by atoms with Gasteiger partial charge in [-0.25, -0.2) is 9.78 Å². The first-order valence-electron chi connectivity index (χ1n) is 7.64. The van der Waals surface area contributed by atoms with E-state index in [1.54, 1.807) is 0 Å². The maximum absolute atomic E-state index is 14.1. The first kappa shape index (κ1) is 15.7. The number of carbonyl (C=O) groups is 1. The van der Waals surface area contributed by atoms with E-state index in [1.165, 1.54) is 10.9 Å². The van der Waals surface area contributed by atoms with Gasteiger partial charge in [0, 0.05) is 0 Å². The van der Waals surface area contributed by atoms with Gasteiger partial charge in [-0.2, -0.15) is 4.39 Å². The van der Waals surface area contributed by atoms with Crippen molar-refractivity contribution in [2.75, 3.05) is 13.2 Å². The van der Waals surface area contributed by atoms with E-state index in [2.05, 4.69) is 4.98 Å². The predicted octanol–water partition coefficient (Wildman–Crippen LogP) is 2.97. The number of imidazole rings is 1. The second kappa shape index (κ2) is 6.12. The minimum atomic E-state index is -0.815. The first-order chi connectivity index (χ1) is 11.1. The molecule has 0 radical (unpaired) electrons. The van der Waals surface area contributed by atoms with E-state index in [1.807, 2.05) is 44.2 Å². The van der Waals surface area contributed by atoms with Crippen LogP contribution < -0.4 is 0 Å². The Morgan fingerprint density at radius 3 is 2.70 bits per heavy atom. The van der Waals surface area contributed by atoms with E-state index in [0.717, 1.165) is 5.56 Å². The number of benzene rings is 1. The SMILES string of the molecule is CCC1(OC(=O)c2c(F)ncn2[C@H](C)c2ccccc2)COC1. The molecule has 0 saturated carbocycles. The van der Waals surface area contributed by atoms with Gasteiger partial charge in [-0.15, -0.1) is 0 Å². The molecule has 0 bridgehead atoms. The van der Waals surface area contributed by atoms with E-state index in [-0.39, 0.29) is 11.7 Å². The van der Waals surface area contributed by atoms with E-state index in [4.69, 9.17) is 9.47 Å². The number of hydrogen-bond acceptors (Lipinski definition) is 4. The summed E-state index contributed by atoms with van der Waals surface area (Å²) in [7, 11) is 0. The summed E-state index contributed by atoms with van der Waals surface area (Å²) in [6.45, 7) is 4.49. The summed E-state index contributed by atoms with van der Waals surface area (Å²) in [5.74, 6) is -1.52. The smallest absolute Gasteiger partial charge is 0.360 e. The number of hydrogen-bond donors (Lipinski definition) is 0. The largest absolute Gasteiger partial charge is 0.449 e. The molecule has 23 heavy (non-hydrogen) atoms. The molecule has 3 rings (SSSR count). The molecule has 6 heteroatoms. The van der Waals surface area contributed by atoms with Gasteiger partial charge in [-0.3, -0.25) is 0 Å². The van der Waals surface area contributed by atoms with Crippen molar-refractivity contribution in [1.29, 1.82) is 0 Å². The highest BCUT2D eigenvalue weighted by molar-refractivity contribution is 5.88. The molecule has 122 valence electrons. The summed E-state index contributed by atoms with van der Waals surface area (Å²) >= 11 is 0. The average Bonchev–Trinajstić information content (AvgIpc) is 2.92. The molecule has 2 heterocycles. The van der Waals surface area contributed by atoms with Gasteiger partial charge >= 0.3 is 5.97 Å². The van der Waals surface area contributed by atoms with Crippen molar-refractivity contribution in [3.05, 3.63) is 53.9 Å². The number of rotatable bonds is 5. The van der Waals surface area contributed by atoms with E-state index in [0.29, 0.717) is 19.6 Å². The number of nitrogens with zero attached hydrogens (tertiary/aromatic N) is 2. The molecular formula is C17H19FN2O3. The van der Waals surface area contributed by atoms with Crippen molar-refractivity contribution in [1.82, 2.24) is 9.55 Å². The molecule has 1 aromatic heterocycles. The second-order valence-electron chi connectivity index (χ2n) is 5.80. The molecule has 1 aliphatic rings. The highest BCUT2D eigenvalue weighted by Crippen LogP contribution is 2.28. The van der Waals surface area contributed by atoms with Crippen LogP contribution in [0.15, 0.2) is 36.7 Å². The zero-order valence-electron chi connectivity index (χ0n) is 13.2. The fraction of sp³-hybridized carbons (Fsp3) is 0.412. The Kier molecular flexibility index (Phi) is 4.17. The van der Waals surface area contributed by atoms with Gasteiger partial charge in [-0.1, -0.05) is 37.3 Å². The summed E-state index contributed by atoms with van der Waals surface area (Å²) in [6.07, 6.45) is 1.96. The molecule has 1 saturated heterocycles. The van der Waals surface area contributed by atoms with Crippen LogP contribution in [0, 0.1) is 5.95 Å². The summed E-state index contributed by atoms with van der Waals surface area (Å²) in [5.41, 5.74) is 0.159. The normalized spacial score (nSPS) is 17.3. The number of ether oxygens (including phenoxy) is 2. The molecular weight excluding hydrogens is 299 g/mol. The zero-order valence-corrected chi connectivity index (χ0v) is 13.2. The Bertz CT molecular complexity index is 690. The van der Waals surface area contributed by atoms with Crippen LogP contribution in [0.25, 0.3) is 0 Å². The average molecular weight is 318 g/mol. The highest BCUT2D eigenvalue weighted by atomic mass is 19.1. The lowest BCUT2D eigenvalue weighted by molar-refractivity contribution is -0.181. The van der Waals surface area contributed by atoms with Gasteiger partial charge < -0.3 is 14.0 Å². The van der Waals surface area contributed by atoms with Gasteiger partial charge in [0.25, 0.3) is 0 Å². The van der Waals surface area contributed by atoms with Gasteiger partial charge in [0.05, 0.1) is 25.6 Å². The molecule has 0 N–H and O–H groups in total. The van der Waals surface area contributed by atoms with Crippen LogP contribution in [0.2, 0.25) is 0 Å². The predicted molar refractivity (Wildman–Crippen MR) is 81.7 cm³/mol. The Balaban J connectivity index is 1.88. The fourth-order valence-electron chi connectivity index (χ4n) is 2.62.